The van der Waals surface area contributed by atoms with Crippen LogP contribution in [0, 0.1) is 10.1 Å². The lowest BCUT2D eigenvalue weighted by atomic mass is 10.3. The lowest BCUT2D eigenvalue weighted by molar-refractivity contribution is -0.384. The molecule has 6 nitrogen and oxygen atoms in total. The molecule has 2 aromatic rings. The molecule has 6 heteroatoms. The fourth-order valence-corrected chi connectivity index (χ4v) is 1.66. The number of hydrogen-bond acceptors (Lipinski definition) is 5. The van der Waals surface area contributed by atoms with Crippen molar-refractivity contribution in [3.05, 3.63) is 58.0 Å². The Kier molecular flexibility index (Phi) is 4.14. The van der Waals surface area contributed by atoms with Crippen LogP contribution in [0.4, 0.5) is 5.69 Å². The van der Waals surface area contributed by atoms with Crippen molar-refractivity contribution in [2.45, 2.75) is 19.8 Å². The largest absolute Gasteiger partial charge is 0.454 e. The zero-order valence-corrected chi connectivity index (χ0v) is 10.9. The molecule has 0 bridgehead atoms. The van der Waals surface area contributed by atoms with Crippen molar-refractivity contribution in [2.24, 2.45) is 0 Å². The number of esters is 1. The van der Waals surface area contributed by atoms with Gasteiger partial charge in [-0.3, -0.25) is 10.1 Å². The van der Waals surface area contributed by atoms with E-state index in [1.54, 1.807) is 12.1 Å². The van der Waals surface area contributed by atoms with Gasteiger partial charge in [-0.1, -0.05) is 6.92 Å². The lowest BCUT2D eigenvalue weighted by Crippen LogP contribution is -2.07. The molecule has 0 saturated carbocycles. The second-order valence-electron chi connectivity index (χ2n) is 4.16. The number of carbonyl (C=O) groups excluding carboxylic acids is 1. The van der Waals surface area contributed by atoms with Gasteiger partial charge in [-0.05, 0) is 30.7 Å². The van der Waals surface area contributed by atoms with E-state index in [4.69, 9.17) is 9.15 Å². The van der Waals surface area contributed by atoms with Crippen LogP contribution < -0.4 is 4.74 Å². The van der Waals surface area contributed by atoms with Crippen LogP contribution in [0.1, 0.15) is 29.7 Å². The first-order chi connectivity index (χ1) is 9.60. The maximum absolute atomic E-state index is 11.8. The molecule has 1 aromatic heterocycles. The monoisotopic (exact) mass is 275 g/mol. The van der Waals surface area contributed by atoms with E-state index in [0.717, 1.165) is 18.6 Å². The smallest absolute Gasteiger partial charge is 0.379 e. The molecule has 20 heavy (non-hydrogen) atoms. The number of benzene rings is 1. The summed E-state index contributed by atoms with van der Waals surface area (Å²) in [5.74, 6) is 0.449. The highest BCUT2D eigenvalue weighted by Crippen LogP contribution is 2.19. The molecule has 0 aliphatic heterocycles. The minimum atomic E-state index is -0.624. The van der Waals surface area contributed by atoms with Gasteiger partial charge in [0.05, 0.1) is 4.92 Å². The second-order valence-corrected chi connectivity index (χ2v) is 4.16. The molecule has 1 aromatic carbocycles. The number of non-ortho nitro benzene ring substituents is 1. The van der Waals surface area contributed by atoms with Crippen molar-refractivity contribution in [3.63, 3.8) is 0 Å². The van der Waals surface area contributed by atoms with Crippen molar-refractivity contribution in [1.82, 2.24) is 0 Å². The van der Waals surface area contributed by atoms with Crippen molar-refractivity contribution in [1.29, 1.82) is 0 Å². The fourth-order valence-electron chi connectivity index (χ4n) is 1.66. The van der Waals surface area contributed by atoms with E-state index < -0.39 is 10.9 Å². The lowest BCUT2D eigenvalue weighted by Gasteiger charge is -2.01. The van der Waals surface area contributed by atoms with Gasteiger partial charge in [0.2, 0.25) is 5.76 Å². The number of furan rings is 1. The Morgan fingerprint density at radius 3 is 2.55 bits per heavy atom. The predicted molar refractivity (Wildman–Crippen MR) is 70.8 cm³/mol. The molecule has 1 heterocycles. The molecule has 0 saturated heterocycles. The Bertz CT molecular complexity index is 615. The number of ether oxygens (including phenoxy) is 1. The summed E-state index contributed by atoms with van der Waals surface area (Å²) in [5.41, 5.74) is -0.0620. The first kappa shape index (κ1) is 13.8. The van der Waals surface area contributed by atoms with Crippen molar-refractivity contribution in [2.75, 3.05) is 0 Å². The van der Waals surface area contributed by atoms with Crippen LogP contribution in [0.15, 0.2) is 40.8 Å². The molecule has 0 atom stereocenters. The summed E-state index contributed by atoms with van der Waals surface area (Å²) in [6.07, 6.45) is 1.68. The summed E-state index contributed by atoms with van der Waals surface area (Å²) in [6, 6.07) is 8.56. The third-order valence-electron chi connectivity index (χ3n) is 2.62. The van der Waals surface area contributed by atoms with E-state index in [9.17, 15) is 14.9 Å². The van der Waals surface area contributed by atoms with Crippen LogP contribution in [0.3, 0.4) is 0 Å². The maximum atomic E-state index is 11.8. The number of carbonyl (C=O) groups is 1. The third-order valence-corrected chi connectivity index (χ3v) is 2.62. The van der Waals surface area contributed by atoms with Gasteiger partial charge in [-0.2, -0.15) is 0 Å². The highest BCUT2D eigenvalue weighted by atomic mass is 16.6. The van der Waals surface area contributed by atoms with Crippen LogP contribution in [0.5, 0.6) is 5.75 Å². The molecule has 0 radical (unpaired) electrons. The number of rotatable bonds is 5. The van der Waals surface area contributed by atoms with Gasteiger partial charge in [0, 0.05) is 18.6 Å². The zero-order chi connectivity index (χ0) is 14.5. The van der Waals surface area contributed by atoms with Gasteiger partial charge in [0.1, 0.15) is 11.5 Å². The van der Waals surface area contributed by atoms with Gasteiger partial charge < -0.3 is 9.15 Å². The van der Waals surface area contributed by atoms with E-state index in [1.807, 2.05) is 6.92 Å². The van der Waals surface area contributed by atoms with Crippen LogP contribution in [0.25, 0.3) is 0 Å². The number of aryl methyl sites for hydroxylation is 1. The maximum Gasteiger partial charge on any atom is 0.379 e. The van der Waals surface area contributed by atoms with Crippen LogP contribution >= 0.6 is 0 Å². The minimum absolute atomic E-state index is 0.0620. The Labute approximate surface area is 115 Å². The molecule has 0 fully saturated rings. The topological polar surface area (TPSA) is 82.6 Å². The Hall–Kier alpha value is -2.63. The summed E-state index contributed by atoms with van der Waals surface area (Å²) in [5, 5.41) is 10.5. The van der Waals surface area contributed by atoms with E-state index in [1.165, 1.54) is 24.3 Å². The highest BCUT2D eigenvalue weighted by molar-refractivity contribution is 5.88. The summed E-state index contributed by atoms with van der Waals surface area (Å²) in [7, 11) is 0. The quantitative estimate of drug-likeness (QED) is 0.361. The Balaban J connectivity index is 2.04. The number of nitro benzene ring substituents is 1. The first-order valence-corrected chi connectivity index (χ1v) is 6.15. The summed E-state index contributed by atoms with van der Waals surface area (Å²) in [4.78, 5) is 21.8. The zero-order valence-electron chi connectivity index (χ0n) is 10.9. The van der Waals surface area contributed by atoms with Gasteiger partial charge in [-0.15, -0.1) is 0 Å². The average molecular weight is 275 g/mol. The predicted octanol–water partition coefficient (Wildman–Crippen LogP) is 3.36. The normalized spacial score (nSPS) is 10.2. The van der Waals surface area contributed by atoms with Crippen molar-refractivity contribution in [3.8, 4) is 5.75 Å². The van der Waals surface area contributed by atoms with Crippen LogP contribution in [-0.2, 0) is 6.42 Å². The summed E-state index contributed by atoms with van der Waals surface area (Å²) in [6.45, 7) is 2.01. The van der Waals surface area contributed by atoms with Crippen LogP contribution in [0.2, 0.25) is 0 Å². The van der Waals surface area contributed by atoms with E-state index in [0.29, 0.717) is 0 Å². The third kappa shape index (κ3) is 3.23. The van der Waals surface area contributed by atoms with E-state index >= 15 is 0 Å². The molecule has 0 aliphatic rings. The SMILES string of the molecule is CCCc1ccc(C(=O)Oc2ccc([N+](=O)[O-])cc2)o1. The molecule has 0 amide bonds. The molecule has 0 N–H and O–H groups in total. The molecule has 104 valence electrons. The average Bonchev–Trinajstić information content (AvgIpc) is 2.88. The van der Waals surface area contributed by atoms with E-state index in [-0.39, 0.29) is 17.2 Å². The standard InChI is InChI=1S/C14H13NO5/c1-2-3-11-8-9-13(19-11)14(16)20-12-6-4-10(5-7-12)15(17)18/h4-9H,2-3H2,1H3. The molecule has 0 unspecified atom stereocenters. The molecule has 0 spiro atoms. The van der Waals surface area contributed by atoms with Gasteiger partial charge in [-0.25, -0.2) is 4.79 Å². The van der Waals surface area contributed by atoms with Crippen LogP contribution in [-0.4, -0.2) is 10.9 Å². The van der Waals surface area contributed by atoms with Gasteiger partial charge in [0.15, 0.2) is 0 Å². The first-order valence-electron chi connectivity index (χ1n) is 6.15. The highest BCUT2D eigenvalue weighted by Gasteiger charge is 2.14. The molecule has 2 rings (SSSR count). The molecular weight excluding hydrogens is 262 g/mol. The van der Waals surface area contributed by atoms with Gasteiger partial charge >= 0.3 is 5.97 Å². The Morgan fingerprint density at radius 1 is 1.25 bits per heavy atom. The molecule has 0 aliphatic carbocycles. The van der Waals surface area contributed by atoms with Gasteiger partial charge in [0.25, 0.3) is 5.69 Å². The number of nitrogens with zero attached hydrogens (tertiary/aromatic N) is 1. The minimum Gasteiger partial charge on any atom is -0.454 e. The summed E-state index contributed by atoms with van der Waals surface area (Å²) < 4.78 is 10.4. The second kappa shape index (κ2) is 6.01. The number of nitro groups is 1. The molecular formula is C14H13NO5. The number of hydrogen-bond donors (Lipinski definition) is 0. The Morgan fingerprint density at radius 2 is 1.95 bits per heavy atom. The summed E-state index contributed by atoms with van der Waals surface area (Å²) >= 11 is 0. The van der Waals surface area contributed by atoms with Crippen molar-refractivity contribution < 1.29 is 18.9 Å². The van der Waals surface area contributed by atoms with Crippen molar-refractivity contribution >= 4 is 11.7 Å². The van der Waals surface area contributed by atoms with E-state index in [2.05, 4.69) is 0 Å². The fraction of sp³-hybridized carbons (Fsp3) is 0.214.